The second-order valence-corrected chi connectivity index (χ2v) is 10.4. The molecule has 3 heteroatoms. The fourth-order valence-corrected chi connectivity index (χ4v) is 5.53. The van der Waals surface area contributed by atoms with Gasteiger partial charge in [0.05, 0.1) is 0 Å². The predicted molar refractivity (Wildman–Crippen MR) is 115 cm³/mol. The van der Waals surface area contributed by atoms with E-state index < -0.39 is 0 Å². The minimum absolute atomic E-state index is 0.0187. The quantitative estimate of drug-likeness (QED) is 0.539. The first-order chi connectivity index (χ1) is 13.2. The summed E-state index contributed by atoms with van der Waals surface area (Å²) >= 11 is 0. The van der Waals surface area contributed by atoms with Crippen LogP contribution < -0.4 is 4.74 Å². The van der Waals surface area contributed by atoms with Gasteiger partial charge in [-0.25, -0.2) is 0 Å². The van der Waals surface area contributed by atoms with E-state index in [4.69, 9.17) is 4.74 Å². The number of hydrogen-bond acceptors (Lipinski definition) is 3. The molecule has 1 aliphatic heterocycles. The maximum absolute atomic E-state index is 11.0. The van der Waals surface area contributed by atoms with Crippen LogP contribution >= 0.6 is 0 Å². The molecule has 158 valence electrons. The van der Waals surface area contributed by atoms with Gasteiger partial charge in [0.1, 0.15) is 17.1 Å². The average molecular weight is 389 g/mol. The van der Waals surface area contributed by atoms with Crippen molar-refractivity contribution in [3.8, 4) is 11.5 Å². The van der Waals surface area contributed by atoms with Crippen LogP contribution in [0.4, 0.5) is 0 Å². The van der Waals surface area contributed by atoms with Gasteiger partial charge in [0.15, 0.2) is 0 Å². The molecule has 1 saturated carbocycles. The summed E-state index contributed by atoms with van der Waals surface area (Å²) in [6.07, 6.45) is 9.18. The standard InChI is InChI=1S/C25H40O3/c1-6-7-8-9-12-24(2,3)18-14-21(27)23-19-13-17(16-26)10-11-20(19)25(4,5)28-22(23)15-18/h14-15,17,19-20,26-27H,6-13,16H2,1-5H3/t17-,19-,20-/m1/s1. The number of phenolic OH excluding ortho intramolecular Hbond substituents is 1. The van der Waals surface area contributed by atoms with E-state index in [9.17, 15) is 10.2 Å². The topological polar surface area (TPSA) is 49.7 Å². The second-order valence-electron chi connectivity index (χ2n) is 10.4. The Balaban J connectivity index is 1.91. The number of fused-ring (bicyclic) bond motifs is 3. The molecule has 0 radical (unpaired) electrons. The number of aliphatic hydroxyl groups is 1. The number of ether oxygens (including phenoxy) is 1. The van der Waals surface area contributed by atoms with Gasteiger partial charge < -0.3 is 14.9 Å². The highest BCUT2D eigenvalue weighted by molar-refractivity contribution is 5.53. The first kappa shape index (κ1) is 21.5. The molecule has 0 saturated heterocycles. The van der Waals surface area contributed by atoms with Crippen LogP contribution in [0.1, 0.15) is 103 Å². The van der Waals surface area contributed by atoms with Crippen LogP contribution in [-0.2, 0) is 5.41 Å². The maximum Gasteiger partial charge on any atom is 0.127 e. The third kappa shape index (κ3) is 4.20. The molecule has 0 unspecified atom stereocenters. The molecule has 28 heavy (non-hydrogen) atoms. The van der Waals surface area contributed by atoms with Crippen molar-refractivity contribution >= 4 is 0 Å². The van der Waals surface area contributed by atoms with Crippen LogP contribution in [-0.4, -0.2) is 22.4 Å². The summed E-state index contributed by atoms with van der Waals surface area (Å²) in [5.74, 6) is 2.24. The molecular formula is C25H40O3. The summed E-state index contributed by atoms with van der Waals surface area (Å²) in [4.78, 5) is 0. The number of unbranched alkanes of at least 4 members (excludes halogenated alkanes) is 3. The number of phenols is 1. The molecule has 3 atom stereocenters. The zero-order valence-corrected chi connectivity index (χ0v) is 18.6. The van der Waals surface area contributed by atoms with Gasteiger partial charge in [0, 0.05) is 18.1 Å². The Morgan fingerprint density at radius 2 is 1.89 bits per heavy atom. The van der Waals surface area contributed by atoms with Gasteiger partial charge in [0.25, 0.3) is 0 Å². The van der Waals surface area contributed by atoms with Crippen molar-refractivity contribution in [3.63, 3.8) is 0 Å². The van der Waals surface area contributed by atoms with Crippen LogP contribution in [0.2, 0.25) is 0 Å². The fourth-order valence-electron chi connectivity index (χ4n) is 5.53. The Bertz CT molecular complexity index is 677. The van der Waals surface area contributed by atoms with E-state index in [1.807, 2.05) is 6.07 Å². The third-order valence-electron chi connectivity index (χ3n) is 7.41. The minimum Gasteiger partial charge on any atom is -0.508 e. The van der Waals surface area contributed by atoms with Crippen molar-refractivity contribution in [1.29, 1.82) is 0 Å². The van der Waals surface area contributed by atoms with E-state index in [1.54, 1.807) is 0 Å². The molecule has 1 fully saturated rings. The summed E-state index contributed by atoms with van der Waals surface area (Å²) in [6.45, 7) is 11.4. The van der Waals surface area contributed by atoms with Crippen molar-refractivity contribution in [3.05, 3.63) is 23.3 Å². The summed E-state index contributed by atoms with van der Waals surface area (Å²) < 4.78 is 6.49. The molecule has 3 rings (SSSR count). The van der Waals surface area contributed by atoms with Gasteiger partial charge in [-0.05, 0) is 74.5 Å². The highest BCUT2D eigenvalue weighted by atomic mass is 16.5. The van der Waals surface area contributed by atoms with Gasteiger partial charge in [-0.15, -0.1) is 0 Å². The summed E-state index contributed by atoms with van der Waals surface area (Å²) in [6, 6.07) is 4.18. The number of rotatable bonds is 7. The average Bonchev–Trinajstić information content (AvgIpc) is 2.63. The van der Waals surface area contributed by atoms with Crippen LogP contribution in [0, 0.1) is 11.8 Å². The zero-order chi connectivity index (χ0) is 20.5. The lowest BCUT2D eigenvalue weighted by molar-refractivity contribution is -0.0211. The van der Waals surface area contributed by atoms with Gasteiger partial charge in [-0.2, -0.15) is 0 Å². The molecular weight excluding hydrogens is 348 g/mol. The molecule has 1 aromatic carbocycles. The van der Waals surface area contributed by atoms with Crippen LogP contribution in [0.5, 0.6) is 11.5 Å². The predicted octanol–water partition coefficient (Wildman–Crippen LogP) is 6.30. The first-order valence-corrected chi connectivity index (χ1v) is 11.4. The molecule has 1 heterocycles. The van der Waals surface area contributed by atoms with Crippen molar-refractivity contribution in [1.82, 2.24) is 0 Å². The number of aromatic hydroxyl groups is 1. The highest BCUT2D eigenvalue weighted by Gasteiger charge is 2.47. The van der Waals surface area contributed by atoms with Crippen LogP contribution in [0.3, 0.4) is 0 Å². The first-order valence-electron chi connectivity index (χ1n) is 11.4. The highest BCUT2D eigenvalue weighted by Crippen LogP contribution is 2.56. The lowest BCUT2D eigenvalue weighted by Crippen LogP contribution is -2.47. The van der Waals surface area contributed by atoms with Gasteiger partial charge in [0.2, 0.25) is 0 Å². The van der Waals surface area contributed by atoms with Gasteiger partial charge in [-0.1, -0.05) is 46.5 Å². The van der Waals surface area contributed by atoms with E-state index in [2.05, 4.69) is 40.7 Å². The Morgan fingerprint density at radius 1 is 1.14 bits per heavy atom. The molecule has 0 spiro atoms. The number of hydrogen-bond donors (Lipinski definition) is 2. The minimum atomic E-state index is -0.242. The largest absolute Gasteiger partial charge is 0.508 e. The molecule has 2 N–H and O–H groups in total. The summed E-state index contributed by atoms with van der Waals surface area (Å²) in [7, 11) is 0. The molecule has 0 amide bonds. The molecule has 1 aliphatic carbocycles. The van der Waals surface area contributed by atoms with E-state index in [0.717, 1.165) is 37.0 Å². The van der Waals surface area contributed by atoms with Crippen molar-refractivity contribution < 1.29 is 14.9 Å². The molecule has 2 aliphatic rings. The molecule has 3 nitrogen and oxygen atoms in total. The summed E-state index contributed by atoms with van der Waals surface area (Å²) in [5, 5.41) is 20.7. The second kappa shape index (κ2) is 8.26. The van der Waals surface area contributed by atoms with Crippen LogP contribution in [0.25, 0.3) is 0 Å². The maximum atomic E-state index is 11.0. The van der Waals surface area contributed by atoms with Crippen molar-refractivity contribution in [2.24, 2.45) is 11.8 Å². The monoisotopic (exact) mass is 388 g/mol. The van der Waals surface area contributed by atoms with Gasteiger partial charge in [-0.3, -0.25) is 0 Å². The normalized spacial score (nSPS) is 26.3. The SMILES string of the molecule is CCCCCCC(C)(C)c1cc(O)c2c(c1)OC(C)(C)[C@@H]1CC[C@@H](CO)C[C@@H]21. The Kier molecular flexibility index (Phi) is 6.34. The van der Waals surface area contributed by atoms with E-state index in [1.165, 1.54) is 31.2 Å². The Labute approximate surface area is 171 Å². The zero-order valence-electron chi connectivity index (χ0n) is 18.6. The third-order valence-corrected chi connectivity index (χ3v) is 7.41. The number of aliphatic hydroxyl groups excluding tert-OH is 1. The molecule has 1 aromatic rings. The van der Waals surface area contributed by atoms with E-state index in [0.29, 0.717) is 17.6 Å². The smallest absolute Gasteiger partial charge is 0.127 e. The van der Waals surface area contributed by atoms with Crippen LogP contribution in [0.15, 0.2) is 12.1 Å². The number of benzene rings is 1. The molecule has 0 bridgehead atoms. The lowest BCUT2D eigenvalue weighted by atomic mass is 9.63. The van der Waals surface area contributed by atoms with Crippen molar-refractivity contribution in [2.75, 3.05) is 6.61 Å². The Morgan fingerprint density at radius 3 is 2.57 bits per heavy atom. The Hall–Kier alpha value is -1.22. The fraction of sp³-hybridized carbons (Fsp3) is 0.760. The molecule has 0 aromatic heterocycles. The van der Waals surface area contributed by atoms with E-state index >= 15 is 0 Å². The summed E-state index contributed by atoms with van der Waals surface area (Å²) in [5.41, 5.74) is 1.93. The van der Waals surface area contributed by atoms with Crippen molar-refractivity contribution in [2.45, 2.75) is 103 Å². The lowest BCUT2D eigenvalue weighted by Gasteiger charge is -2.49. The van der Waals surface area contributed by atoms with E-state index in [-0.39, 0.29) is 23.5 Å². The van der Waals surface area contributed by atoms with Gasteiger partial charge >= 0.3 is 0 Å².